The third-order valence-electron chi connectivity index (χ3n) is 3.38. The lowest BCUT2D eigenvalue weighted by atomic mass is 10.1. The van der Waals surface area contributed by atoms with Crippen LogP contribution in [0.2, 0.25) is 10.0 Å². The number of aromatic carboxylic acids is 1. The van der Waals surface area contributed by atoms with Crippen molar-refractivity contribution < 1.29 is 9.90 Å². The molecule has 106 valence electrons. The maximum Gasteiger partial charge on any atom is 0.335 e. The maximum atomic E-state index is 10.9. The summed E-state index contributed by atoms with van der Waals surface area (Å²) in [5, 5.41) is 11.1. The van der Waals surface area contributed by atoms with Gasteiger partial charge in [0.05, 0.1) is 10.6 Å². The number of carbonyl (C=O) groups is 1. The van der Waals surface area contributed by atoms with Gasteiger partial charge in [0, 0.05) is 28.7 Å². The Morgan fingerprint density at radius 3 is 2.57 bits per heavy atom. The molecule has 0 fully saturated rings. The minimum atomic E-state index is -0.988. The molecule has 0 bridgehead atoms. The number of fused-ring (bicyclic) bond motifs is 1. The van der Waals surface area contributed by atoms with Gasteiger partial charge in [-0.2, -0.15) is 0 Å². The Morgan fingerprint density at radius 2 is 1.86 bits per heavy atom. The molecule has 0 radical (unpaired) electrons. The second-order valence-corrected chi connectivity index (χ2v) is 5.55. The average molecular weight is 320 g/mol. The summed E-state index contributed by atoms with van der Waals surface area (Å²) < 4.78 is 2.00. The Morgan fingerprint density at radius 1 is 1.10 bits per heavy atom. The lowest BCUT2D eigenvalue weighted by Crippen LogP contribution is -2.01. The van der Waals surface area contributed by atoms with Gasteiger partial charge in [-0.1, -0.05) is 47.5 Å². The topological polar surface area (TPSA) is 42.2 Å². The van der Waals surface area contributed by atoms with Gasteiger partial charge in [-0.05, 0) is 23.8 Å². The van der Waals surface area contributed by atoms with Crippen LogP contribution in [0, 0.1) is 0 Å². The van der Waals surface area contributed by atoms with Crippen LogP contribution < -0.4 is 0 Å². The van der Waals surface area contributed by atoms with Gasteiger partial charge in [0.2, 0.25) is 0 Å². The van der Waals surface area contributed by atoms with Crippen molar-refractivity contribution in [1.29, 1.82) is 0 Å². The van der Waals surface area contributed by atoms with Gasteiger partial charge in [0.25, 0.3) is 0 Å². The molecule has 3 nitrogen and oxygen atoms in total. The second kappa shape index (κ2) is 5.43. The standard InChI is InChI=1S/C16H11Cl2NO2/c17-13-7-10(16(20)21)5-6-11(13)8-19-9-14(18)12-3-1-2-4-15(12)19/h1-7,9H,8H2,(H,20,21). The van der Waals surface area contributed by atoms with E-state index in [4.69, 9.17) is 28.3 Å². The highest BCUT2D eigenvalue weighted by molar-refractivity contribution is 6.35. The first-order valence-electron chi connectivity index (χ1n) is 6.31. The molecule has 5 heteroatoms. The predicted molar refractivity (Wildman–Crippen MR) is 84.5 cm³/mol. The largest absolute Gasteiger partial charge is 0.478 e. The van der Waals surface area contributed by atoms with Crippen LogP contribution in [0.15, 0.2) is 48.7 Å². The van der Waals surface area contributed by atoms with E-state index >= 15 is 0 Å². The second-order valence-electron chi connectivity index (χ2n) is 4.73. The van der Waals surface area contributed by atoms with Crippen LogP contribution in [-0.2, 0) is 6.54 Å². The van der Waals surface area contributed by atoms with Gasteiger partial charge in [-0.3, -0.25) is 0 Å². The maximum absolute atomic E-state index is 10.9. The van der Waals surface area contributed by atoms with E-state index in [1.165, 1.54) is 6.07 Å². The highest BCUT2D eigenvalue weighted by Gasteiger charge is 2.10. The predicted octanol–water partition coefficient (Wildman–Crippen LogP) is 4.69. The zero-order valence-corrected chi connectivity index (χ0v) is 12.4. The summed E-state index contributed by atoms with van der Waals surface area (Å²) in [6, 6.07) is 12.6. The molecule has 1 heterocycles. The van der Waals surface area contributed by atoms with Gasteiger partial charge in [-0.15, -0.1) is 0 Å². The summed E-state index contributed by atoms with van der Waals surface area (Å²) in [6.45, 7) is 0.534. The summed E-state index contributed by atoms with van der Waals surface area (Å²) in [5.41, 5.74) is 2.04. The molecule has 0 saturated heterocycles. The molecule has 0 amide bonds. The van der Waals surface area contributed by atoms with Crippen LogP contribution >= 0.6 is 23.2 Å². The van der Waals surface area contributed by atoms with Gasteiger partial charge < -0.3 is 9.67 Å². The first-order chi connectivity index (χ1) is 10.1. The van der Waals surface area contributed by atoms with Crippen molar-refractivity contribution in [1.82, 2.24) is 4.57 Å². The molecule has 1 N–H and O–H groups in total. The first kappa shape index (κ1) is 14.0. The smallest absolute Gasteiger partial charge is 0.335 e. The number of hydrogen-bond donors (Lipinski definition) is 1. The fourth-order valence-corrected chi connectivity index (χ4v) is 2.84. The molecule has 3 rings (SSSR count). The van der Waals surface area contributed by atoms with Crippen molar-refractivity contribution in [3.63, 3.8) is 0 Å². The van der Waals surface area contributed by atoms with Gasteiger partial charge in [0.15, 0.2) is 0 Å². The highest BCUT2D eigenvalue weighted by Crippen LogP contribution is 2.27. The third kappa shape index (κ3) is 2.62. The molecule has 0 aliphatic carbocycles. The molecule has 2 aromatic carbocycles. The highest BCUT2D eigenvalue weighted by atomic mass is 35.5. The van der Waals surface area contributed by atoms with Crippen molar-refractivity contribution >= 4 is 40.1 Å². The Hall–Kier alpha value is -1.97. The quantitative estimate of drug-likeness (QED) is 0.760. The van der Waals surface area contributed by atoms with Crippen molar-refractivity contribution in [2.45, 2.75) is 6.54 Å². The number of carboxylic acid groups (broad SMARTS) is 1. The van der Waals surface area contributed by atoms with E-state index in [1.54, 1.807) is 12.1 Å². The van der Waals surface area contributed by atoms with Crippen LogP contribution in [0.3, 0.4) is 0 Å². The molecule has 1 aromatic heterocycles. The van der Waals surface area contributed by atoms with Crippen molar-refractivity contribution in [2.24, 2.45) is 0 Å². The minimum Gasteiger partial charge on any atom is -0.478 e. The Labute approximate surface area is 131 Å². The molecule has 3 aromatic rings. The zero-order chi connectivity index (χ0) is 15.0. The Balaban J connectivity index is 2.01. The normalized spacial score (nSPS) is 11.0. The number of aromatic nitrogens is 1. The zero-order valence-electron chi connectivity index (χ0n) is 10.9. The fourth-order valence-electron chi connectivity index (χ4n) is 2.32. The van der Waals surface area contributed by atoms with Gasteiger partial charge in [-0.25, -0.2) is 4.79 Å². The van der Waals surface area contributed by atoms with Gasteiger partial charge in [0.1, 0.15) is 0 Å². The van der Waals surface area contributed by atoms with E-state index < -0.39 is 5.97 Å². The van der Waals surface area contributed by atoms with E-state index in [-0.39, 0.29) is 5.56 Å². The summed E-state index contributed by atoms with van der Waals surface area (Å²) >= 11 is 12.4. The summed E-state index contributed by atoms with van der Waals surface area (Å²) in [4.78, 5) is 10.9. The van der Waals surface area contributed by atoms with E-state index in [0.29, 0.717) is 16.6 Å². The third-order valence-corrected chi connectivity index (χ3v) is 4.03. The van der Waals surface area contributed by atoms with Crippen LogP contribution in [-0.4, -0.2) is 15.6 Å². The molecule has 0 aliphatic heterocycles. The molecule has 0 saturated carbocycles. The number of carboxylic acids is 1. The number of rotatable bonds is 3. The minimum absolute atomic E-state index is 0.180. The van der Waals surface area contributed by atoms with Crippen LogP contribution in [0.25, 0.3) is 10.9 Å². The number of nitrogens with zero attached hydrogens (tertiary/aromatic N) is 1. The SMILES string of the molecule is O=C(O)c1ccc(Cn2cc(Cl)c3ccccc32)c(Cl)c1. The number of benzene rings is 2. The Bertz CT molecular complexity index is 839. The van der Waals surface area contributed by atoms with E-state index in [0.717, 1.165) is 16.5 Å². The summed E-state index contributed by atoms with van der Waals surface area (Å²) in [6.07, 6.45) is 1.85. The molecule has 0 spiro atoms. The van der Waals surface area contributed by atoms with E-state index in [1.807, 2.05) is 35.0 Å². The summed E-state index contributed by atoms with van der Waals surface area (Å²) in [7, 11) is 0. The number of hydrogen-bond acceptors (Lipinski definition) is 1. The lowest BCUT2D eigenvalue weighted by Gasteiger charge is -2.08. The van der Waals surface area contributed by atoms with Crippen molar-refractivity contribution in [3.8, 4) is 0 Å². The Kier molecular flexibility index (Phi) is 3.62. The molecule has 0 aliphatic rings. The number of para-hydroxylation sites is 1. The van der Waals surface area contributed by atoms with Crippen molar-refractivity contribution in [3.05, 3.63) is 69.8 Å². The van der Waals surface area contributed by atoms with E-state index in [2.05, 4.69) is 0 Å². The molecule has 0 unspecified atom stereocenters. The van der Waals surface area contributed by atoms with Gasteiger partial charge >= 0.3 is 5.97 Å². The number of halogens is 2. The molecular formula is C16H11Cl2NO2. The molecule has 21 heavy (non-hydrogen) atoms. The average Bonchev–Trinajstić information content (AvgIpc) is 2.78. The fraction of sp³-hybridized carbons (Fsp3) is 0.0625. The van der Waals surface area contributed by atoms with Crippen LogP contribution in [0.4, 0.5) is 0 Å². The van der Waals surface area contributed by atoms with Crippen LogP contribution in [0.1, 0.15) is 15.9 Å². The molecule has 0 atom stereocenters. The molecular weight excluding hydrogens is 309 g/mol. The van der Waals surface area contributed by atoms with E-state index in [9.17, 15) is 4.79 Å². The lowest BCUT2D eigenvalue weighted by molar-refractivity contribution is 0.0697. The van der Waals surface area contributed by atoms with Crippen LogP contribution in [0.5, 0.6) is 0 Å². The monoisotopic (exact) mass is 319 g/mol. The first-order valence-corrected chi connectivity index (χ1v) is 7.07. The van der Waals surface area contributed by atoms with Crippen molar-refractivity contribution in [2.75, 3.05) is 0 Å². The summed E-state index contributed by atoms with van der Waals surface area (Å²) in [5.74, 6) is -0.988.